The summed E-state index contributed by atoms with van der Waals surface area (Å²) in [6.45, 7) is 7.04. The zero-order chi connectivity index (χ0) is 21.0. The number of amides is 1. The molecule has 0 bridgehead atoms. The summed E-state index contributed by atoms with van der Waals surface area (Å²) in [5, 5.41) is 2.98. The third-order valence-electron chi connectivity index (χ3n) is 5.10. The molecule has 2 aromatic carbocycles. The van der Waals surface area contributed by atoms with Crippen molar-refractivity contribution in [2.75, 3.05) is 24.4 Å². The molecular formula is C21H26BrN3O3S. The number of anilines is 1. The molecule has 0 spiro atoms. The van der Waals surface area contributed by atoms with E-state index in [1.165, 1.54) is 12.1 Å². The third kappa shape index (κ3) is 5.81. The first-order chi connectivity index (χ1) is 13.7. The van der Waals surface area contributed by atoms with Gasteiger partial charge in [0, 0.05) is 34.9 Å². The number of benzene rings is 2. The Morgan fingerprint density at radius 2 is 1.93 bits per heavy atom. The standard InChI is InChI=1S/C21H26BrN3O3S/c1-15(2)25-11-10-16(14-25)13-23-21(26)17-4-3-5-19(12-17)24-29(27,28)20-8-6-18(22)7-9-20/h3-9,12,15-16,24H,10-11,13-14H2,1-2H3,(H,23,26). The van der Waals surface area contributed by atoms with Gasteiger partial charge in [0.1, 0.15) is 0 Å². The SMILES string of the molecule is CC(C)N1CCC(CNC(=O)c2cccc(NS(=O)(=O)c3ccc(Br)cc3)c2)C1. The molecule has 1 heterocycles. The van der Waals surface area contributed by atoms with Gasteiger partial charge in [-0.05, 0) is 75.2 Å². The van der Waals surface area contributed by atoms with Crippen LogP contribution in [0.1, 0.15) is 30.6 Å². The van der Waals surface area contributed by atoms with Gasteiger partial charge in [0.05, 0.1) is 4.90 Å². The summed E-state index contributed by atoms with van der Waals surface area (Å²) < 4.78 is 28.4. The van der Waals surface area contributed by atoms with E-state index in [2.05, 4.69) is 44.7 Å². The van der Waals surface area contributed by atoms with Crippen LogP contribution in [-0.2, 0) is 10.0 Å². The maximum atomic E-state index is 12.5. The summed E-state index contributed by atoms with van der Waals surface area (Å²) in [7, 11) is -3.72. The second kappa shape index (κ2) is 9.28. The van der Waals surface area contributed by atoms with Crippen molar-refractivity contribution in [2.45, 2.75) is 31.2 Å². The van der Waals surface area contributed by atoms with Crippen LogP contribution in [0.3, 0.4) is 0 Å². The van der Waals surface area contributed by atoms with Crippen molar-refractivity contribution >= 4 is 37.5 Å². The van der Waals surface area contributed by atoms with Gasteiger partial charge >= 0.3 is 0 Å². The Morgan fingerprint density at radius 1 is 1.21 bits per heavy atom. The topological polar surface area (TPSA) is 78.5 Å². The number of likely N-dealkylation sites (tertiary alicyclic amines) is 1. The number of halogens is 1. The minimum Gasteiger partial charge on any atom is -0.352 e. The zero-order valence-corrected chi connectivity index (χ0v) is 19.0. The number of hydrogen-bond acceptors (Lipinski definition) is 4. The first-order valence-electron chi connectivity index (χ1n) is 9.65. The fraction of sp³-hybridized carbons (Fsp3) is 0.381. The second-order valence-electron chi connectivity index (χ2n) is 7.59. The predicted molar refractivity (Wildman–Crippen MR) is 119 cm³/mol. The highest BCUT2D eigenvalue weighted by Gasteiger charge is 2.24. The Balaban J connectivity index is 1.61. The van der Waals surface area contributed by atoms with Gasteiger partial charge in [0.15, 0.2) is 0 Å². The molecule has 8 heteroatoms. The van der Waals surface area contributed by atoms with Gasteiger partial charge in [-0.3, -0.25) is 9.52 Å². The van der Waals surface area contributed by atoms with E-state index in [1.807, 2.05) is 0 Å². The number of sulfonamides is 1. The summed E-state index contributed by atoms with van der Waals surface area (Å²) in [6.07, 6.45) is 1.07. The van der Waals surface area contributed by atoms with Crippen LogP contribution in [0.2, 0.25) is 0 Å². The van der Waals surface area contributed by atoms with Crippen LogP contribution >= 0.6 is 15.9 Å². The Morgan fingerprint density at radius 3 is 2.59 bits per heavy atom. The van der Waals surface area contributed by atoms with Gasteiger partial charge in [-0.1, -0.05) is 22.0 Å². The molecule has 0 aliphatic carbocycles. The molecule has 0 saturated carbocycles. The lowest BCUT2D eigenvalue weighted by atomic mass is 10.1. The molecule has 29 heavy (non-hydrogen) atoms. The molecule has 2 N–H and O–H groups in total. The van der Waals surface area contributed by atoms with E-state index in [9.17, 15) is 13.2 Å². The third-order valence-corrected chi connectivity index (χ3v) is 7.03. The minimum atomic E-state index is -3.72. The molecule has 1 fully saturated rings. The Kier molecular flexibility index (Phi) is 6.97. The maximum Gasteiger partial charge on any atom is 0.261 e. The minimum absolute atomic E-state index is 0.159. The first kappa shape index (κ1) is 21.8. The van der Waals surface area contributed by atoms with Crippen molar-refractivity contribution in [3.63, 3.8) is 0 Å². The Bertz CT molecular complexity index is 961. The molecule has 3 rings (SSSR count). The van der Waals surface area contributed by atoms with Gasteiger partial charge in [-0.25, -0.2) is 8.42 Å². The first-order valence-corrected chi connectivity index (χ1v) is 11.9. The van der Waals surface area contributed by atoms with Gasteiger partial charge in [-0.15, -0.1) is 0 Å². The Hall–Kier alpha value is -1.90. The van der Waals surface area contributed by atoms with E-state index in [1.54, 1.807) is 36.4 Å². The molecule has 2 aromatic rings. The van der Waals surface area contributed by atoms with Crippen molar-refractivity contribution in [3.8, 4) is 0 Å². The molecule has 0 radical (unpaired) electrons. The molecule has 1 aliphatic rings. The molecular weight excluding hydrogens is 454 g/mol. The summed E-state index contributed by atoms with van der Waals surface area (Å²) >= 11 is 3.29. The van der Waals surface area contributed by atoms with Crippen LogP contribution in [0.5, 0.6) is 0 Å². The molecule has 1 unspecified atom stereocenters. The molecule has 156 valence electrons. The van der Waals surface area contributed by atoms with E-state index < -0.39 is 10.0 Å². The molecule has 6 nitrogen and oxygen atoms in total. The average molecular weight is 480 g/mol. The lowest BCUT2D eigenvalue weighted by molar-refractivity contribution is 0.0947. The largest absolute Gasteiger partial charge is 0.352 e. The van der Waals surface area contributed by atoms with Crippen molar-refractivity contribution in [1.82, 2.24) is 10.2 Å². The second-order valence-corrected chi connectivity index (χ2v) is 10.2. The number of nitrogens with zero attached hydrogens (tertiary/aromatic N) is 1. The highest BCUT2D eigenvalue weighted by molar-refractivity contribution is 9.10. The highest BCUT2D eigenvalue weighted by atomic mass is 79.9. The van der Waals surface area contributed by atoms with Gasteiger partial charge in [0.25, 0.3) is 15.9 Å². The predicted octanol–water partition coefficient (Wildman–Crippen LogP) is 3.71. The normalized spacial score (nSPS) is 17.4. The van der Waals surface area contributed by atoms with E-state index >= 15 is 0 Å². The maximum absolute atomic E-state index is 12.5. The summed E-state index contributed by atoms with van der Waals surface area (Å²) in [6, 6.07) is 13.4. The van der Waals surface area contributed by atoms with E-state index in [0.29, 0.717) is 29.8 Å². The van der Waals surface area contributed by atoms with Crippen LogP contribution in [0, 0.1) is 5.92 Å². The highest BCUT2D eigenvalue weighted by Crippen LogP contribution is 2.20. The van der Waals surface area contributed by atoms with Crippen LogP contribution in [0.25, 0.3) is 0 Å². The molecule has 0 aromatic heterocycles. The monoisotopic (exact) mass is 479 g/mol. The summed E-state index contributed by atoms with van der Waals surface area (Å²) in [5.74, 6) is 0.248. The van der Waals surface area contributed by atoms with Crippen molar-refractivity contribution in [2.24, 2.45) is 5.92 Å². The van der Waals surface area contributed by atoms with Crippen LogP contribution < -0.4 is 10.0 Å². The van der Waals surface area contributed by atoms with Crippen molar-refractivity contribution in [1.29, 1.82) is 0 Å². The molecule has 1 amide bonds. The van der Waals surface area contributed by atoms with Crippen molar-refractivity contribution < 1.29 is 13.2 Å². The number of rotatable bonds is 7. The Labute approximate surface area is 180 Å². The fourth-order valence-corrected chi connectivity index (χ4v) is 4.70. The molecule has 1 saturated heterocycles. The number of carbonyl (C=O) groups excluding carboxylic acids is 1. The number of hydrogen-bond donors (Lipinski definition) is 2. The van der Waals surface area contributed by atoms with Gasteiger partial charge in [0.2, 0.25) is 0 Å². The lowest BCUT2D eigenvalue weighted by Gasteiger charge is -2.20. The quantitative estimate of drug-likeness (QED) is 0.634. The van der Waals surface area contributed by atoms with Crippen LogP contribution in [-0.4, -0.2) is 44.9 Å². The number of carbonyl (C=O) groups is 1. The van der Waals surface area contributed by atoms with Crippen molar-refractivity contribution in [3.05, 3.63) is 58.6 Å². The summed E-state index contributed by atoms with van der Waals surface area (Å²) in [4.78, 5) is 15.1. The van der Waals surface area contributed by atoms with Gasteiger partial charge in [-0.2, -0.15) is 0 Å². The van der Waals surface area contributed by atoms with Gasteiger partial charge < -0.3 is 10.2 Å². The lowest BCUT2D eigenvalue weighted by Crippen LogP contribution is -2.33. The average Bonchev–Trinajstić information content (AvgIpc) is 3.16. The molecule has 1 aliphatic heterocycles. The fourth-order valence-electron chi connectivity index (χ4n) is 3.39. The van der Waals surface area contributed by atoms with E-state index in [4.69, 9.17) is 0 Å². The van der Waals surface area contributed by atoms with E-state index in [0.717, 1.165) is 24.0 Å². The van der Waals surface area contributed by atoms with Crippen LogP contribution in [0.15, 0.2) is 57.9 Å². The summed E-state index contributed by atoms with van der Waals surface area (Å²) in [5.41, 5.74) is 0.784. The number of nitrogens with one attached hydrogen (secondary N) is 2. The smallest absolute Gasteiger partial charge is 0.261 e. The molecule has 1 atom stereocenters. The van der Waals surface area contributed by atoms with Crippen LogP contribution in [0.4, 0.5) is 5.69 Å². The van der Waals surface area contributed by atoms with E-state index in [-0.39, 0.29) is 10.8 Å². The zero-order valence-electron chi connectivity index (χ0n) is 16.6.